The van der Waals surface area contributed by atoms with E-state index in [4.69, 9.17) is 4.74 Å². The molecule has 1 heterocycles. The van der Waals surface area contributed by atoms with Crippen LogP contribution in [0.3, 0.4) is 0 Å². The van der Waals surface area contributed by atoms with Crippen molar-refractivity contribution >= 4 is 12.1 Å². The maximum absolute atomic E-state index is 13.6. The molecule has 1 saturated heterocycles. The number of aliphatic imine (C=N–C) groups is 1. The predicted molar refractivity (Wildman–Crippen MR) is 91.6 cm³/mol. The number of nitrogens with one attached hydrogen (secondary N) is 2. The summed E-state index contributed by atoms with van der Waals surface area (Å²) in [4.78, 5) is 17.3. The van der Waals surface area contributed by atoms with E-state index in [0.717, 1.165) is 18.9 Å². The van der Waals surface area contributed by atoms with Crippen molar-refractivity contribution in [3.8, 4) is 0 Å². The maximum atomic E-state index is 13.6. The van der Waals surface area contributed by atoms with E-state index in [9.17, 15) is 13.6 Å². The molecular formula is C17H24F2N4O2. The van der Waals surface area contributed by atoms with E-state index in [1.807, 2.05) is 0 Å². The Balaban J connectivity index is 1.76. The molecule has 0 atom stereocenters. The van der Waals surface area contributed by atoms with Gasteiger partial charge in [0, 0.05) is 32.7 Å². The highest BCUT2D eigenvalue weighted by Crippen LogP contribution is 2.12. The number of likely N-dealkylation sites (tertiary alicyclic amines) is 1. The molecule has 1 aromatic rings. The number of hydrogen-bond donors (Lipinski definition) is 2. The summed E-state index contributed by atoms with van der Waals surface area (Å²) in [6, 6.07) is 4.36. The largest absolute Gasteiger partial charge is 0.453 e. The molecule has 0 saturated carbocycles. The molecule has 138 valence electrons. The quantitative estimate of drug-likeness (QED) is 0.640. The summed E-state index contributed by atoms with van der Waals surface area (Å²) in [7, 11) is 3.03. The van der Waals surface area contributed by atoms with E-state index >= 15 is 0 Å². The normalized spacial score (nSPS) is 15.8. The molecular weight excluding hydrogens is 330 g/mol. The highest BCUT2D eigenvalue weighted by Gasteiger charge is 2.23. The molecule has 1 amide bonds. The number of hydrogen-bond acceptors (Lipinski definition) is 3. The Morgan fingerprint density at radius 1 is 1.36 bits per heavy atom. The Bertz CT molecular complexity index is 617. The third-order valence-corrected chi connectivity index (χ3v) is 4.21. The second-order valence-corrected chi connectivity index (χ2v) is 5.84. The summed E-state index contributed by atoms with van der Waals surface area (Å²) in [5.41, 5.74) is 0.328. The highest BCUT2D eigenvalue weighted by molar-refractivity contribution is 5.80. The Hall–Kier alpha value is -2.38. The third-order valence-electron chi connectivity index (χ3n) is 4.21. The van der Waals surface area contributed by atoms with Crippen LogP contribution >= 0.6 is 0 Å². The van der Waals surface area contributed by atoms with Gasteiger partial charge in [-0.05, 0) is 30.9 Å². The molecule has 1 fully saturated rings. The van der Waals surface area contributed by atoms with Gasteiger partial charge in [-0.2, -0.15) is 0 Å². The van der Waals surface area contributed by atoms with Crippen molar-refractivity contribution in [2.75, 3.05) is 33.8 Å². The van der Waals surface area contributed by atoms with Gasteiger partial charge < -0.3 is 20.3 Å². The molecule has 0 unspecified atom stereocenters. The van der Waals surface area contributed by atoms with Crippen LogP contribution in [0.5, 0.6) is 0 Å². The summed E-state index contributed by atoms with van der Waals surface area (Å²) < 4.78 is 31.5. The molecule has 8 heteroatoms. The van der Waals surface area contributed by atoms with Crippen LogP contribution in [-0.4, -0.2) is 56.8 Å². The van der Waals surface area contributed by atoms with Gasteiger partial charge in [-0.25, -0.2) is 13.6 Å². The molecule has 25 heavy (non-hydrogen) atoms. The number of rotatable bonds is 4. The van der Waals surface area contributed by atoms with E-state index < -0.39 is 11.6 Å². The van der Waals surface area contributed by atoms with Crippen molar-refractivity contribution in [2.24, 2.45) is 4.99 Å². The van der Waals surface area contributed by atoms with Gasteiger partial charge in [-0.15, -0.1) is 0 Å². The van der Waals surface area contributed by atoms with Crippen molar-refractivity contribution in [2.45, 2.75) is 25.3 Å². The minimum Gasteiger partial charge on any atom is -0.453 e. The van der Waals surface area contributed by atoms with Gasteiger partial charge in [0.1, 0.15) is 0 Å². The Morgan fingerprint density at radius 3 is 2.72 bits per heavy atom. The zero-order chi connectivity index (χ0) is 18.2. The lowest BCUT2D eigenvalue weighted by molar-refractivity contribution is 0.111. The fraction of sp³-hybridized carbons (Fsp3) is 0.529. The molecule has 0 spiro atoms. The van der Waals surface area contributed by atoms with E-state index in [1.54, 1.807) is 18.0 Å². The summed E-state index contributed by atoms with van der Waals surface area (Å²) in [6.45, 7) is 1.67. The van der Waals surface area contributed by atoms with Crippen molar-refractivity contribution < 1.29 is 18.3 Å². The van der Waals surface area contributed by atoms with Gasteiger partial charge >= 0.3 is 6.09 Å². The van der Waals surface area contributed by atoms with Gasteiger partial charge in [-0.1, -0.05) is 12.1 Å². The Labute approximate surface area is 146 Å². The lowest BCUT2D eigenvalue weighted by Crippen LogP contribution is -2.50. The van der Waals surface area contributed by atoms with Crippen molar-refractivity contribution in [3.63, 3.8) is 0 Å². The number of halogens is 2. The van der Waals surface area contributed by atoms with Gasteiger partial charge in [0.25, 0.3) is 0 Å². The number of carbonyl (C=O) groups excluding carboxylic acids is 1. The van der Waals surface area contributed by atoms with Gasteiger partial charge in [0.15, 0.2) is 17.6 Å². The second kappa shape index (κ2) is 9.19. The van der Waals surface area contributed by atoms with Crippen molar-refractivity contribution in [1.29, 1.82) is 0 Å². The summed E-state index contributed by atoms with van der Waals surface area (Å²) in [6.07, 6.45) is 1.62. The minimum atomic E-state index is -0.836. The molecule has 2 rings (SSSR count). The number of benzene rings is 1. The van der Waals surface area contributed by atoms with Gasteiger partial charge in [-0.3, -0.25) is 4.99 Å². The first-order chi connectivity index (χ1) is 12.0. The number of piperidine rings is 1. The maximum Gasteiger partial charge on any atom is 0.409 e. The average Bonchev–Trinajstić information content (AvgIpc) is 2.64. The predicted octanol–water partition coefficient (Wildman–Crippen LogP) is 1.90. The number of carbonyl (C=O) groups is 1. The number of nitrogens with zero attached hydrogens (tertiary/aromatic N) is 2. The van der Waals surface area contributed by atoms with E-state index in [0.29, 0.717) is 37.6 Å². The first-order valence-corrected chi connectivity index (χ1v) is 8.28. The van der Waals surface area contributed by atoms with Crippen LogP contribution in [0.15, 0.2) is 23.2 Å². The Kier molecular flexibility index (Phi) is 6.97. The average molecular weight is 354 g/mol. The number of guanidine groups is 1. The van der Waals surface area contributed by atoms with Crippen LogP contribution in [-0.2, 0) is 11.2 Å². The topological polar surface area (TPSA) is 66.0 Å². The SMILES string of the molecule is CN=C(NCCc1cccc(F)c1F)NC1CCN(C(=O)OC)CC1. The molecule has 1 aliphatic rings. The zero-order valence-corrected chi connectivity index (χ0v) is 14.5. The van der Waals surface area contributed by atoms with Gasteiger partial charge in [0.2, 0.25) is 0 Å². The Morgan fingerprint density at radius 2 is 2.08 bits per heavy atom. The van der Waals surface area contributed by atoms with Crippen LogP contribution in [0.25, 0.3) is 0 Å². The van der Waals surface area contributed by atoms with Crippen LogP contribution in [0.1, 0.15) is 18.4 Å². The number of ether oxygens (including phenoxy) is 1. The van der Waals surface area contributed by atoms with Crippen LogP contribution < -0.4 is 10.6 Å². The van der Waals surface area contributed by atoms with E-state index in [-0.39, 0.29) is 12.1 Å². The first-order valence-electron chi connectivity index (χ1n) is 8.28. The first kappa shape index (κ1) is 19.0. The van der Waals surface area contributed by atoms with Crippen LogP contribution in [0.4, 0.5) is 13.6 Å². The third kappa shape index (κ3) is 5.30. The van der Waals surface area contributed by atoms with E-state index in [2.05, 4.69) is 15.6 Å². The van der Waals surface area contributed by atoms with Crippen LogP contribution in [0, 0.1) is 11.6 Å². The fourth-order valence-electron chi connectivity index (χ4n) is 2.78. The van der Waals surface area contributed by atoms with E-state index in [1.165, 1.54) is 13.2 Å². The molecule has 0 aromatic heterocycles. The standard InChI is InChI=1S/C17H24F2N4O2/c1-20-16(21-9-6-12-4-3-5-14(18)15(12)19)22-13-7-10-23(11-8-13)17(24)25-2/h3-5,13H,6-11H2,1-2H3,(H2,20,21,22). The zero-order valence-electron chi connectivity index (χ0n) is 14.5. The van der Waals surface area contributed by atoms with Crippen molar-refractivity contribution in [1.82, 2.24) is 15.5 Å². The number of amides is 1. The molecule has 1 aliphatic heterocycles. The lowest BCUT2D eigenvalue weighted by atomic mass is 10.1. The summed E-state index contributed by atoms with van der Waals surface area (Å²) >= 11 is 0. The molecule has 1 aromatic carbocycles. The fourth-order valence-corrected chi connectivity index (χ4v) is 2.78. The van der Waals surface area contributed by atoms with Crippen LogP contribution in [0.2, 0.25) is 0 Å². The number of methoxy groups -OCH3 is 1. The summed E-state index contributed by atoms with van der Waals surface area (Å²) in [5, 5.41) is 6.39. The lowest BCUT2D eigenvalue weighted by Gasteiger charge is -2.32. The molecule has 0 aliphatic carbocycles. The molecule has 6 nitrogen and oxygen atoms in total. The monoisotopic (exact) mass is 354 g/mol. The molecule has 2 N–H and O–H groups in total. The molecule has 0 bridgehead atoms. The summed E-state index contributed by atoms with van der Waals surface area (Å²) in [5.74, 6) is -1.03. The smallest absolute Gasteiger partial charge is 0.409 e. The van der Waals surface area contributed by atoms with Crippen molar-refractivity contribution in [3.05, 3.63) is 35.4 Å². The molecule has 0 radical (unpaired) electrons. The second-order valence-electron chi connectivity index (χ2n) is 5.84. The minimum absolute atomic E-state index is 0.193. The highest BCUT2D eigenvalue weighted by atomic mass is 19.2. The van der Waals surface area contributed by atoms with Gasteiger partial charge in [0.05, 0.1) is 7.11 Å².